The summed E-state index contributed by atoms with van der Waals surface area (Å²) in [4.78, 5) is 47.4. The molecule has 6 nitrogen and oxygen atoms in total. The maximum Gasteiger partial charge on any atom is 0.275 e. The summed E-state index contributed by atoms with van der Waals surface area (Å²) in [6.07, 6.45) is 0.301. The predicted molar refractivity (Wildman–Crippen MR) is 88.1 cm³/mol. The zero-order chi connectivity index (χ0) is 18.2. The maximum absolute atomic E-state index is 12.3. The molecule has 6 heteroatoms. The minimum absolute atomic E-state index is 0.0299. The standard InChI is InChI=1S/C18H21NO5/c1-5-13(20)17-14(21)7-12(8-15(17)22)16-9(2)6-10(3)18(11(16)4)19(23)24/h6,12,17H,5,7-8H2,1-4H3. The van der Waals surface area contributed by atoms with E-state index in [4.69, 9.17) is 0 Å². The molecule has 0 unspecified atom stereocenters. The third-order valence-electron chi connectivity index (χ3n) is 4.79. The molecule has 128 valence electrons. The minimum atomic E-state index is -1.15. The number of carbonyl (C=O) groups is 3. The molecule has 1 aliphatic rings. The Morgan fingerprint density at radius 1 is 1.17 bits per heavy atom. The van der Waals surface area contributed by atoms with Crippen LogP contribution in [0.4, 0.5) is 5.69 Å². The van der Waals surface area contributed by atoms with Gasteiger partial charge >= 0.3 is 0 Å². The summed E-state index contributed by atoms with van der Waals surface area (Å²) >= 11 is 0. The molecule has 0 bridgehead atoms. The van der Waals surface area contributed by atoms with Crippen molar-refractivity contribution in [1.82, 2.24) is 0 Å². The topological polar surface area (TPSA) is 94.3 Å². The number of Topliss-reactive ketones (excluding diaryl/α,β-unsaturated/α-hetero) is 3. The average molecular weight is 331 g/mol. The fourth-order valence-corrected chi connectivity index (χ4v) is 3.84. The van der Waals surface area contributed by atoms with E-state index in [1.54, 1.807) is 26.8 Å². The highest BCUT2D eigenvalue weighted by Gasteiger charge is 2.41. The lowest BCUT2D eigenvalue weighted by Crippen LogP contribution is -2.38. The molecule has 0 atom stereocenters. The van der Waals surface area contributed by atoms with Crippen LogP contribution in [-0.4, -0.2) is 22.3 Å². The van der Waals surface area contributed by atoms with Crippen molar-refractivity contribution in [2.45, 2.75) is 52.9 Å². The molecule has 1 fully saturated rings. The number of aryl methyl sites for hydroxylation is 2. The molecule has 0 amide bonds. The summed E-state index contributed by atoms with van der Waals surface area (Å²) in [6, 6.07) is 1.72. The molecule has 0 N–H and O–H groups in total. The molecule has 1 aliphatic carbocycles. The minimum Gasteiger partial charge on any atom is -0.298 e. The van der Waals surface area contributed by atoms with Crippen LogP contribution < -0.4 is 0 Å². The van der Waals surface area contributed by atoms with Crippen LogP contribution in [0.5, 0.6) is 0 Å². The van der Waals surface area contributed by atoms with Gasteiger partial charge in [-0.05, 0) is 43.9 Å². The molecule has 0 aromatic heterocycles. The van der Waals surface area contributed by atoms with Gasteiger partial charge in [-0.15, -0.1) is 0 Å². The van der Waals surface area contributed by atoms with Gasteiger partial charge in [0.2, 0.25) is 0 Å². The molecular weight excluding hydrogens is 310 g/mol. The lowest BCUT2D eigenvalue weighted by molar-refractivity contribution is -0.386. The van der Waals surface area contributed by atoms with Crippen LogP contribution >= 0.6 is 0 Å². The highest BCUT2D eigenvalue weighted by molar-refractivity contribution is 6.20. The summed E-state index contributed by atoms with van der Waals surface area (Å²) in [5, 5.41) is 11.3. The van der Waals surface area contributed by atoms with Crippen LogP contribution in [-0.2, 0) is 14.4 Å². The Bertz CT molecular complexity index is 732. The lowest BCUT2D eigenvalue weighted by Gasteiger charge is -2.28. The third kappa shape index (κ3) is 3.00. The van der Waals surface area contributed by atoms with E-state index in [-0.39, 0.29) is 42.3 Å². The van der Waals surface area contributed by atoms with E-state index in [0.29, 0.717) is 16.7 Å². The number of nitro benzene ring substituents is 1. The van der Waals surface area contributed by atoms with Crippen molar-refractivity contribution in [3.63, 3.8) is 0 Å². The van der Waals surface area contributed by atoms with Gasteiger partial charge in [-0.2, -0.15) is 0 Å². The van der Waals surface area contributed by atoms with E-state index in [0.717, 1.165) is 5.56 Å². The van der Waals surface area contributed by atoms with E-state index < -0.39 is 16.8 Å². The number of rotatable bonds is 4. The second-order valence-electron chi connectivity index (χ2n) is 6.45. The first-order valence-electron chi connectivity index (χ1n) is 8.02. The highest BCUT2D eigenvalue weighted by atomic mass is 16.6. The summed E-state index contributed by atoms with van der Waals surface area (Å²) in [7, 11) is 0. The number of carbonyl (C=O) groups excluding carboxylic acids is 3. The van der Waals surface area contributed by atoms with E-state index in [9.17, 15) is 24.5 Å². The normalized spacial score (nSPS) is 21.0. The van der Waals surface area contributed by atoms with E-state index in [1.165, 1.54) is 0 Å². The van der Waals surface area contributed by atoms with E-state index in [2.05, 4.69) is 0 Å². The quantitative estimate of drug-likeness (QED) is 0.480. The largest absolute Gasteiger partial charge is 0.298 e. The Balaban J connectivity index is 2.46. The van der Waals surface area contributed by atoms with Crippen LogP contribution in [0.25, 0.3) is 0 Å². The Labute approximate surface area is 140 Å². The number of hydrogen-bond acceptors (Lipinski definition) is 5. The molecule has 1 aromatic carbocycles. The second kappa shape index (κ2) is 6.63. The van der Waals surface area contributed by atoms with Gasteiger partial charge in [-0.1, -0.05) is 6.92 Å². The van der Waals surface area contributed by atoms with Gasteiger partial charge in [0.1, 0.15) is 5.92 Å². The van der Waals surface area contributed by atoms with Gasteiger partial charge in [0.15, 0.2) is 17.3 Å². The van der Waals surface area contributed by atoms with Crippen molar-refractivity contribution in [2.75, 3.05) is 0 Å². The van der Waals surface area contributed by atoms with Gasteiger partial charge in [0.25, 0.3) is 5.69 Å². The Kier molecular flexibility index (Phi) is 4.96. The van der Waals surface area contributed by atoms with Gasteiger partial charge < -0.3 is 0 Å². The van der Waals surface area contributed by atoms with Crippen LogP contribution in [0.2, 0.25) is 0 Å². The summed E-state index contributed by atoms with van der Waals surface area (Å²) in [6.45, 7) is 6.80. The molecule has 0 spiro atoms. The van der Waals surface area contributed by atoms with Crippen molar-refractivity contribution < 1.29 is 19.3 Å². The molecule has 0 saturated heterocycles. The van der Waals surface area contributed by atoms with E-state index >= 15 is 0 Å². The van der Waals surface area contributed by atoms with Gasteiger partial charge in [-0.25, -0.2) is 0 Å². The zero-order valence-corrected chi connectivity index (χ0v) is 14.3. The first-order chi connectivity index (χ1) is 11.2. The molecule has 0 radical (unpaired) electrons. The Morgan fingerprint density at radius 2 is 1.71 bits per heavy atom. The molecule has 0 aliphatic heterocycles. The Morgan fingerprint density at radius 3 is 2.17 bits per heavy atom. The number of ketones is 3. The van der Waals surface area contributed by atoms with Crippen molar-refractivity contribution in [3.05, 3.63) is 38.4 Å². The molecule has 0 heterocycles. The molecule has 1 aromatic rings. The first-order valence-corrected chi connectivity index (χ1v) is 8.02. The third-order valence-corrected chi connectivity index (χ3v) is 4.79. The molecule has 1 saturated carbocycles. The van der Waals surface area contributed by atoms with Crippen LogP contribution in [0, 0.1) is 36.8 Å². The second-order valence-corrected chi connectivity index (χ2v) is 6.45. The summed E-state index contributed by atoms with van der Waals surface area (Å²) < 4.78 is 0. The Hall–Kier alpha value is -2.37. The average Bonchev–Trinajstić information content (AvgIpc) is 2.45. The predicted octanol–water partition coefficient (Wildman–Crippen LogP) is 3.13. The van der Waals surface area contributed by atoms with Crippen molar-refractivity contribution in [3.8, 4) is 0 Å². The van der Waals surface area contributed by atoms with Crippen molar-refractivity contribution >= 4 is 23.0 Å². The van der Waals surface area contributed by atoms with Crippen molar-refractivity contribution in [1.29, 1.82) is 0 Å². The molecule has 2 rings (SSSR count). The van der Waals surface area contributed by atoms with Gasteiger partial charge in [-0.3, -0.25) is 24.5 Å². The van der Waals surface area contributed by atoms with Crippen LogP contribution in [0.1, 0.15) is 54.4 Å². The number of nitro groups is 1. The van der Waals surface area contributed by atoms with Crippen LogP contribution in [0.3, 0.4) is 0 Å². The summed E-state index contributed by atoms with van der Waals surface area (Å²) in [5.74, 6) is -2.63. The highest BCUT2D eigenvalue weighted by Crippen LogP contribution is 2.39. The number of benzene rings is 1. The zero-order valence-electron chi connectivity index (χ0n) is 14.3. The van der Waals surface area contributed by atoms with Crippen LogP contribution in [0.15, 0.2) is 6.07 Å². The SMILES string of the molecule is CCC(=O)C1C(=O)CC(c2c(C)cc(C)c([N+](=O)[O-])c2C)CC1=O. The number of hydrogen-bond donors (Lipinski definition) is 0. The fourth-order valence-electron chi connectivity index (χ4n) is 3.84. The monoisotopic (exact) mass is 331 g/mol. The number of nitrogens with zero attached hydrogens (tertiary/aromatic N) is 1. The lowest BCUT2D eigenvalue weighted by atomic mass is 9.73. The molecule has 24 heavy (non-hydrogen) atoms. The smallest absolute Gasteiger partial charge is 0.275 e. The fraction of sp³-hybridized carbons (Fsp3) is 0.500. The van der Waals surface area contributed by atoms with Crippen molar-refractivity contribution in [2.24, 2.45) is 5.92 Å². The maximum atomic E-state index is 12.3. The van der Waals surface area contributed by atoms with E-state index in [1.807, 2.05) is 6.92 Å². The summed E-state index contributed by atoms with van der Waals surface area (Å²) in [5.41, 5.74) is 2.62. The van der Waals surface area contributed by atoms with Gasteiger partial charge in [0, 0.05) is 30.4 Å². The molecular formula is C18H21NO5. The van der Waals surface area contributed by atoms with Gasteiger partial charge in [0.05, 0.1) is 4.92 Å². The first kappa shape index (κ1) is 18.0.